The largest absolute Gasteiger partial charge is 0.497 e. The molecule has 2 aliphatic rings. The Bertz CT molecular complexity index is 1050. The second-order valence-electron chi connectivity index (χ2n) is 7.46. The summed E-state index contributed by atoms with van der Waals surface area (Å²) in [5, 5.41) is 11.5. The van der Waals surface area contributed by atoms with Gasteiger partial charge in [-0.05, 0) is 24.3 Å². The van der Waals surface area contributed by atoms with Crippen molar-refractivity contribution in [1.82, 2.24) is 4.90 Å². The third kappa shape index (κ3) is 3.59. The van der Waals surface area contributed by atoms with Crippen molar-refractivity contribution in [2.24, 2.45) is 0 Å². The number of amides is 1. The van der Waals surface area contributed by atoms with Crippen LogP contribution in [-0.4, -0.2) is 47.3 Å². The van der Waals surface area contributed by atoms with E-state index in [4.69, 9.17) is 21.1 Å². The van der Waals surface area contributed by atoms with E-state index >= 15 is 0 Å². The van der Waals surface area contributed by atoms with Gasteiger partial charge in [0.25, 0.3) is 11.6 Å². The number of piperidine rings is 1. The van der Waals surface area contributed by atoms with E-state index in [0.29, 0.717) is 43.0 Å². The zero-order chi connectivity index (χ0) is 21.5. The maximum atomic E-state index is 12.9. The summed E-state index contributed by atoms with van der Waals surface area (Å²) in [5.74, 6) is 0.643. The topological polar surface area (TPSA) is 99.0 Å². The Morgan fingerprint density at radius 1 is 1.23 bits per heavy atom. The van der Waals surface area contributed by atoms with Crippen LogP contribution in [0.1, 0.15) is 40.0 Å². The molecule has 1 fully saturated rings. The summed E-state index contributed by atoms with van der Waals surface area (Å²) in [7, 11) is 1.54. The molecule has 2 aromatic carbocycles. The SMILES string of the molecule is COc1ccc2c(c1)OC1(CCN(C(=O)c3ccc(Cl)cc3[N+](=O)[O-])CC1)CC2=O. The minimum Gasteiger partial charge on any atom is -0.497 e. The van der Waals surface area contributed by atoms with Crippen molar-refractivity contribution in [1.29, 1.82) is 0 Å². The molecule has 2 heterocycles. The third-order valence-corrected chi connectivity index (χ3v) is 5.88. The molecule has 0 unspecified atom stereocenters. The van der Waals surface area contributed by atoms with Crippen LogP contribution < -0.4 is 9.47 Å². The minimum atomic E-state index is -0.695. The van der Waals surface area contributed by atoms with E-state index in [1.165, 1.54) is 18.2 Å². The van der Waals surface area contributed by atoms with E-state index in [1.54, 1.807) is 30.2 Å². The Hall–Kier alpha value is -3.13. The summed E-state index contributed by atoms with van der Waals surface area (Å²) in [6, 6.07) is 9.12. The van der Waals surface area contributed by atoms with Crippen LogP contribution in [0.5, 0.6) is 11.5 Å². The van der Waals surface area contributed by atoms with Gasteiger partial charge in [0.1, 0.15) is 22.7 Å². The maximum Gasteiger partial charge on any atom is 0.283 e. The normalized spacial score (nSPS) is 17.3. The fraction of sp³-hybridized carbons (Fsp3) is 0.333. The molecule has 0 atom stereocenters. The molecule has 0 radical (unpaired) electrons. The van der Waals surface area contributed by atoms with Crippen LogP contribution in [0.3, 0.4) is 0 Å². The molecule has 0 N–H and O–H groups in total. The zero-order valence-electron chi connectivity index (χ0n) is 16.2. The Balaban J connectivity index is 1.52. The summed E-state index contributed by atoms with van der Waals surface area (Å²) < 4.78 is 11.4. The quantitative estimate of drug-likeness (QED) is 0.541. The number of nitro benzene ring substituents is 1. The summed E-state index contributed by atoms with van der Waals surface area (Å²) in [4.78, 5) is 37.8. The van der Waals surface area contributed by atoms with Crippen molar-refractivity contribution in [3.05, 3.63) is 62.7 Å². The van der Waals surface area contributed by atoms with Crippen LogP contribution in [0.4, 0.5) is 5.69 Å². The van der Waals surface area contributed by atoms with Crippen LogP contribution in [0.2, 0.25) is 5.02 Å². The monoisotopic (exact) mass is 430 g/mol. The van der Waals surface area contributed by atoms with Crippen molar-refractivity contribution >= 4 is 29.0 Å². The van der Waals surface area contributed by atoms with Gasteiger partial charge in [-0.15, -0.1) is 0 Å². The fourth-order valence-corrected chi connectivity index (χ4v) is 4.17. The van der Waals surface area contributed by atoms with Crippen molar-refractivity contribution < 1.29 is 24.0 Å². The Labute approximate surface area is 177 Å². The molecular weight excluding hydrogens is 412 g/mol. The van der Waals surface area contributed by atoms with Crippen molar-refractivity contribution in [2.45, 2.75) is 24.9 Å². The lowest BCUT2D eigenvalue weighted by molar-refractivity contribution is -0.385. The highest BCUT2D eigenvalue weighted by Gasteiger charge is 2.44. The second-order valence-corrected chi connectivity index (χ2v) is 7.89. The van der Waals surface area contributed by atoms with Crippen molar-refractivity contribution in [3.8, 4) is 11.5 Å². The van der Waals surface area contributed by atoms with Crippen LogP contribution in [0, 0.1) is 10.1 Å². The van der Waals surface area contributed by atoms with Gasteiger partial charge in [0.05, 0.1) is 24.0 Å². The average molecular weight is 431 g/mol. The molecule has 2 aromatic rings. The maximum absolute atomic E-state index is 12.9. The second kappa shape index (κ2) is 7.60. The van der Waals surface area contributed by atoms with Gasteiger partial charge in [-0.2, -0.15) is 0 Å². The number of nitrogens with zero attached hydrogens (tertiary/aromatic N) is 2. The highest BCUT2D eigenvalue weighted by molar-refractivity contribution is 6.31. The first-order valence-electron chi connectivity index (χ1n) is 9.45. The van der Waals surface area contributed by atoms with Crippen LogP contribution in [-0.2, 0) is 0 Å². The number of rotatable bonds is 3. The Morgan fingerprint density at radius 3 is 2.63 bits per heavy atom. The molecule has 30 heavy (non-hydrogen) atoms. The smallest absolute Gasteiger partial charge is 0.283 e. The Morgan fingerprint density at radius 2 is 1.97 bits per heavy atom. The number of halogens is 1. The zero-order valence-corrected chi connectivity index (χ0v) is 17.0. The average Bonchev–Trinajstić information content (AvgIpc) is 2.73. The third-order valence-electron chi connectivity index (χ3n) is 5.65. The van der Waals surface area contributed by atoms with E-state index < -0.39 is 16.4 Å². The van der Waals surface area contributed by atoms with E-state index in [2.05, 4.69) is 0 Å². The first-order valence-corrected chi connectivity index (χ1v) is 9.83. The summed E-state index contributed by atoms with van der Waals surface area (Å²) in [6.45, 7) is 0.649. The number of Topliss-reactive ketones (excluding diaryl/α,β-unsaturated/α-hetero) is 1. The van der Waals surface area contributed by atoms with E-state index in [-0.39, 0.29) is 28.5 Å². The number of nitro groups is 1. The molecular formula is C21H19ClN2O6. The lowest BCUT2D eigenvalue weighted by Crippen LogP contribution is -2.52. The number of ether oxygens (including phenoxy) is 2. The van der Waals surface area contributed by atoms with E-state index in [9.17, 15) is 19.7 Å². The number of hydrogen-bond acceptors (Lipinski definition) is 6. The Kier molecular flexibility index (Phi) is 5.11. The summed E-state index contributed by atoms with van der Waals surface area (Å²) >= 11 is 5.84. The molecule has 1 amide bonds. The first kappa shape index (κ1) is 20.2. The standard InChI is InChI=1S/C21H19ClN2O6/c1-29-14-3-5-16-18(25)12-21(30-19(16)11-14)6-8-23(9-7-21)20(26)15-4-2-13(22)10-17(15)24(27)28/h2-5,10-11H,6-9,12H2,1H3. The predicted molar refractivity (Wildman–Crippen MR) is 109 cm³/mol. The van der Waals surface area contributed by atoms with Gasteiger partial charge < -0.3 is 14.4 Å². The molecule has 0 bridgehead atoms. The summed E-state index contributed by atoms with van der Waals surface area (Å²) in [5.41, 5.74) is -0.496. The van der Waals surface area contributed by atoms with E-state index in [1.807, 2.05) is 0 Å². The first-order chi connectivity index (χ1) is 14.3. The molecule has 8 nitrogen and oxygen atoms in total. The molecule has 0 aliphatic carbocycles. The molecule has 156 valence electrons. The van der Waals surface area contributed by atoms with Crippen molar-refractivity contribution in [3.63, 3.8) is 0 Å². The lowest BCUT2D eigenvalue weighted by atomic mass is 9.82. The van der Waals surface area contributed by atoms with Gasteiger partial charge >= 0.3 is 0 Å². The number of fused-ring (bicyclic) bond motifs is 1. The van der Waals surface area contributed by atoms with Gasteiger partial charge in [-0.25, -0.2) is 0 Å². The number of methoxy groups -OCH3 is 1. The molecule has 9 heteroatoms. The number of carbonyl (C=O) groups excluding carboxylic acids is 2. The van der Waals surface area contributed by atoms with E-state index in [0.717, 1.165) is 0 Å². The van der Waals surface area contributed by atoms with Gasteiger partial charge in [-0.3, -0.25) is 19.7 Å². The van der Waals surface area contributed by atoms with Gasteiger partial charge in [0, 0.05) is 43.1 Å². The number of hydrogen-bond donors (Lipinski definition) is 0. The molecule has 0 saturated carbocycles. The highest BCUT2D eigenvalue weighted by Crippen LogP contribution is 2.41. The molecule has 1 spiro atoms. The molecule has 1 saturated heterocycles. The number of likely N-dealkylation sites (tertiary alicyclic amines) is 1. The highest BCUT2D eigenvalue weighted by atomic mass is 35.5. The summed E-state index contributed by atoms with van der Waals surface area (Å²) in [6.07, 6.45) is 1.13. The van der Waals surface area contributed by atoms with Crippen LogP contribution in [0.15, 0.2) is 36.4 Å². The van der Waals surface area contributed by atoms with Gasteiger partial charge in [0.15, 0.2) is 5.78 Å². The molecule has 0 aromatic heterocycles. The minimum absolute atomic E-state index is 0.00364. The van der Waals surface area contributed by atoms with Crippen LogP contribution >= 0.6 is 11.6 Å². The van der Waals surface area contributed by atoms with Crippen molar-refractivity contribution in [2.75, 3.05) is 20.2 Å². The molecule has 4 rings (SSSR count). The number of carbonyl (C=O) groups is 2. The lowest BCUT2D eigenvalue weighted by Gasteiger charge is -2.44. The predicted octanol–water partition coefficient (Wildman–Crippen LogP) is 3.90. The van der Waals surface area contributed by atoms with Crippen LogP contribution in [0.25, 0.3) is 0 Å². The van der Waals surface area contributed by atoms with Gasteiger partial charge in [-0.1, -0.05) is 11.6 Å². The number of benzene rings is 2. The molecule has 2 aliphatic heterocycles. The van der Waals surface area contributed by atoms with Gasteiger partial charge in [0.2, 0.25) is 0 Å². The number of ketones is 1. The fourth-order valence-electron chi connectivity index (χ4n) is 4.00.